The first-order chi connectivity index (χ1) is 16.4. The number of benzene rings is 2. The van der Waals surface area contributed by atoms with Crippen LogP contribution in [0.1, 0.15) is 12.8 Å². The van der Waals surface area contributed by atoms with Gasteiger partial charge in [0.15, 0.2) is 6.10 Å². The summed E-state index contributed by atoms with van der Waals surface area (Å²) in [5.41, 5.74) is -3.23. The van der Waals surface area contributed by atoms with Gasteiger partial charge in [-0.15, -0.1) is 0 Å². The second-order valence-corrected chi connectivity index (χ2v) is 8.05. The lowest BCUT2D eigenvalue weighted by atomic mass is 9.89. The van der Waals surface area contributed by atoms with E-state index in [1.54, 1.807) is 6.07 Å². The maximum atomic E-state index is 13.9. The second kappa shape index (κ2) is 10.6. The van der Waals surface area contributed by atoms with Crippen molar-refractivity contribution < 1.29 is 51.9 Å². The number of esters is 1. The lowest BCUT2D eigenvalue weighted by molar-refractivity contribution is -0.235. The lowest BCUT2D eigenvalue weighted by Crippen LogP contribution is -2.68. The molecule has 1 fully saturated rings. The Bertz CT molecular complexity index is 1020. The zero-order chi connectivity index (χ0) is 25.8. The van der Waals surface area contributed by atoms with Crippen molar-refractivity contribution in [2.75, 3.05) is 13.1 Å². The van der Waals surface area contributed by atoms with Gasteiger partial charge in [-0.25, -0.2) is 14.0 Å². The number of para-hydroxylation sites is 1. The summed E-state index contributed by atoms with van der Waals surface area (Å²) < 4.78 is 65.0. The molecule has 190 valence electrons. The van der Waals surface area contributed by atoms with Gasteiger partial charge in [0.25, 0.3) is 5.72 Å². The van der Waals surface area contributed by atoms with Crippen molar-refractivity contribution in [2.45, 2.75) is 37.0 Å². The molecule has 2 aromatic rings. The molecule has 8 nitrogen and oxygen atoms in total. The molecule has 0 aromatic heterocycles. The number of rotatable bonds is 8. The molecule has 0 amide bonds. The molecule has 0 bridgehead atoms. The van der Waals surface area contributed by atoms with Crippen molar-refractivity contribution in [3.63, 3.8) is 0 Å². The number of halogens is 4. The number of carbonyl (C=O) groups is 2. The van der Waals surface area contributed by atoms with Crippen molar-refractivity contribution in [3.05, 3.63) is 60.4 Å². The molecular weight excluding hydrogens is 478 g/mol. The lowest BCUT2D eigenvalue weighted by Gasteiger charge is -2.44. The largest absolute Gasteiger partial charge is 0.481 e. The quantitative estimate of drug-likeness (QED) is 0.287. The fraction of sp³-hybridized carbons (Fsp3) is 0.391. The van der Waals surface area contributed by atoms with Crippen LogP contribution in [0.4, 0.5) is 17.6 Å². The highest BCUT2D eigenvalue weighted by Crippen LogP contribution is 2.36. The molecular formula is C23H23F4NO7. The fourth-order valence-corrected chi connectivity index (χ4v) is 3.91. The van der Waals surface area contributed by atoms with E-state index >= 15 is 0 Å². The highest BCUT2D eigenvalue weighted by molar-refractivity contribution is 5.89. The van der Waals surface area contributed by atoms with Crippen molar-refractivity contribution in [2.24, 2.45) is 5.92 Å². The minimum atomic E-state index is -4.83. The molecule has 3 rings (SSSR count). The van der Waals surface area contributed by atoms with Gasteiger partial charge in [-0.05, 0) is 49.2 Å². The van der Waals surface area contributed by atoms with Gasteiger partial charge in [0.05, 0.1) is 0 Å². The zero-order valence-corrected chi connectivity index (χ0v) is 18.2. The summed E-state index contributed by atoms with van der Waals surface area (Å²) in [6.07, 6.45) is -9.92. The van der Waals surface area contributed by atoms with Crippen molar-refractivity contribution >= 4 is 11.9 Å². The fourth-order valence-electron chi connectivity index (χ4n) is 3.91. The monoisotopic (exact) mass is 501 g/mol. The Morgan fingerprint density at radius 3 is 2.23 bits per heavy atom. The summed E-state index contributed by atoms with van der Waals surface area (Å²) in [7, 11) is 0. The van der Waals surface area contributed by atoms with Gasteiger partial charge in [-0.3, -0.25) is 4.90 Å². The minimum Gasteiger partial charge on any atom is -0.481 e. The van der Waals surface area contributed by atoms with Gasteiger partial charge >= 0.3 is 18.1 Å². The second-order valence-electron chi connectivity index (χ2n) is 8.05. The van der Waals surface area contributed by atoms with Gasteiger partial charge in [0, 0.05) is 19.0 Å². The number of hydrogen-bond donors (Lipinski definition) is 3. The first kappa shape index (κ1) is 26.4. The third-order valence-corrected chi connectivity index (χ3v) is 5.64. The van der Waals surface area contributed by atoms with Crippen LogP contribution in [-0.2, 0) is 9.59 Å². The first-order valence-corrected chi connectivity index (χ1v) is 10.6. The van der Waals surface area contributed by atoms with Crippen molar-refractivity contribution in [1.82, 2.24) is 4.90 Å². The third kappa shape index (κ3) is 6.08. The smallest absolute Gasteiger partial charge is 0.425 e. The molecule has 3 N–H and O–H groups in total. The topological polar surface area (TPSA) is 117 Å². The minimum absolute atomic E-state index is 0.0141. The number of hydrogen-bond acceptors (Lipinski definition) is 7. The number of carboxylic acids is 1. The zero-order valence-electron chi connectivity index (χ0n) is 18.2. The Kier molecular flexibility index (Phi) is 7.98. The van der Waals surface area contributed by atoms with E-state index in [1.165, 1.54) is 24.3 Å². The molecule has 2 aromatic carbocycles. The van der Waals surface area contributed by atoms with Gasteiger partial charge in [0.2, 0.25) is 6.10 Å². The van der Waals surface area contributed by atoms with E-state index in [0.29, 0.717) is 0 Å². The van der Waals surface area contributed by atoms with Gasteiger partial charge < -0.3 is 24.8 Å². The SMILES string of the molecule is O=C(O)C(O)C(O)(C(=O)Oc1ccc(F)cc1)N1CCCC(C(Oc2ccccc2)C(F)(F)F)C1. The van der Waals surface area contributed by atoms with E-state index in [4.69, 9.17) is 9.47 Å². The number of alkyl halides is 3. The van der Waals surface area contributed by atoms with Crippen LogP contribution in [0.25, 0.3) is 0 Å². The molecule has 12 heteroatoms. The van der Waals surface area contributed by atoms with Crippen molar-refractivity contribution in [1.29, 1.82) is 0 Å². The molecule has 0 spiro atoms. The molecule has 1 aliphatic rings. The van der Waals surface area contributed by atoms with E-state index < -0.39 is 54.3 Å². The summed E-state index contributed by atoms with van der Waals surface area (Å²) in [5, 5.41) is 30.6. The predicted molar refractivity (Wildman–Crippen MR) is 112 cm³/mol. The van der Waals surface area contributed by atoms with Crippen LogP contribution in [-0.4, -0.2) is 69.4 Å². The van der Waals surface area contributed by atoms with E-state index in [1.807, 2.05) is 0 Å². The summed E-state index contributed by atoms with van der Waals surface area (Å²) in [6, 6.07) is 11.2. The Morgan fingerprint density at radius 1 is 1.03 bits per heavy atom. The third-order valence-electron chi connectivity index (χ3n) is 5.64. The number of likely N-dealkylation sites (tertiary alicyclic amines) is 1. The Labute approximate surface area is 197 Å². The Hall–Kier alpha value is -3.22. The average molecular weight is 501 g/mol. The summed E-state index contributed by atoms with van der Waals surface area (Å²) in [4.78, 5) is 25.1. The summed E-state index contributed by atoms with van der Waals surface area (Å²) >= 11 is 0. The van der Waals surface area contributed by atoms with Crippen LogP contribution in [0.5, 0.6) is 11.5 Å². The van der Waals surface area contributed by atoms with Gasteiger partial charge in [-0.2, -0.15) is 13.2 Å². The molecule has 4 atom stereocenters. The van der Waals surface area contributed by atoms with Gasteiger partial charge in [0.1, 0.15) is 17.3 Å². The molecule has 35 heavy (non-hydrogen) atoms. The standard InChI is InChI=1S/C23H23F4NO7/c24-15-8-10-17(11-9-15)35-21(32)22(33,18(29)20(30)31)28-12-4-5-14(13-28)19(23(25,26)27)34-16-6-2-1-3-7-16/h1-3,6-11,14,18-19,29,33H,4-5,12-13H2,(H,30,31). The van der Waals surface area contributed by atoms with Crippen LogP contribution < -0.4 is 9.47 Å². The number of aliphatic hydroxyl groups is 2. The number of aliphatic hydroxyl groups excluding tert-OH is 1. The van der Waals surface area contributed by atoms with Crippen LogP contribution in [0.15, 0.2) is 54.6 Å². The average Bonchev–Trinajstić information content (AvgIpc) is 2.82. The van der Waals surface area contributed by atoms with Crippen LogP contribution in [0.3, 0.4) is 0 Å². The normalized spacial score (nSPS) is 20.3. The molecule has 1 heterocycles. The number of carboxylic acid groups (broad SMARTS) is 1. The highest BCUT2D eigenvalue weighted by Gasteiger charge is 2.57. The molecule has 0 aliphatic carbocycles. The number of piperidine rings is 1. The number of nitrogens with zero attached hydrogens (tertiary/aromatic N) is 1. The first-order valence-electron chi connectivity index (χ1n) is 10.6. The van der Waals surface area contributed by atoms with Crippen LogP contribution in [0, 0.1) is 11.7 Å². The van der Waals surface area contributed by atoms with E-state index in [9.17, 15) is 42.5 Å². The number of aliphatic carboxylic acids is 1. The molecule has 1 saturated heterocycles. The molecule has 1 aliphatic heterocycles. The Morgan fingerprint density at radius 2 is 1.66 bits per heavy atom. The van der Waals surface area contributed by atoms with E-state index in [-0.39, 0.29) is 30.9 Å². The van der Waals surface area contributed by atoms with Crippen molar-refractivity contribution in [3.8, 4) is 11.5 Å². The number of carbonyl (C=O) groups excluding carboxylic acids is 1. The summed E-state index contributed by atoms with van der Waals surface area (Å²) in [6.45, 7) is -0.859. The maximum absolute atomic E-state index is 13.9. The van der Waals surface area contributed by atoms with E-state index in [0.717, 1.165) is 29.2 Å². The Balaban J connectivity index is 1.89. The molecule has 0 radical (unpaired) electrons. The molecule has 4 unspecified atom stereocenters. The van der Waals surface area contributed by atoms with Crippen LogP contribution in [0.2, 0.25) is 0 Å². The number of ether oxygens (including phenoxy) is 2. The molecule has 0 saturated carbocycles. The predicted octanol–water partition coefficient (Wildman–Crippen LogP) is 2.59. The summed E-state index contributed by atoms with van der Waals surface area (Å²) in [5.74, 6) is -5.97. The highest BCUT2D eigenvalue weighted by atomic mass is 19.4. The van der Waals surface area contributed by atoms with Gasteiger partial charge in [-0.1, -0.05) is 18.2 Å². The van der Waals surface area contributed by atoms with E-state index in [2.05, 4.69) is 0 Å². The van der Waals surface area contributed by atoms with Crippen LogP contribution >= 0.6 is 0 Å². The maximum Gasteiger partial charge on any atom is 0.425 e.